The Morgan fingerprint density at radius 3 is 2.85 bits per heavy atom. The molecule has 0 aromatic carbocycles. The van der Waals surface area contributed by atoms with E-state index in [1.807, 2.05) is 13.8 Å². The SMILES string of the molecule is CCc1cc(C(=O)NCc2cn[nH]c2C)cc(NN)n1. The molecular formula is C13H18N6O. The maximum atomic E-state index is 12.1. The standard InChI is InChI=1S/C13H18N6O/c1-3-11-4-9(5-12(17-11)18-14)13(20)15-6-10-7-16-19-8(10)2/h4-5,7H,3,6,14H2,1-2H3,(H,15,20)(H,16,19)(H,17,18). The first-order valence-corrected chi connectivity index (χ1v) is 6.38. The number of aromatic amines is 1. The Morgan fingerprint density at radius 1 is 1.45 bits per heavy atom. The fourth-order valence-electron chi connectivity index (χ4n) is 1.81. The number of rotatable bonds is 5. The molecule has 7 nitrogen and oxygen atoms in total. The summed E-state index contributed by atoms with van der Waals surface area (Å²) >= 11 is 0. The summed E-state index contributed by atoms with van der Waals surface area (Å²) in [6, 6.07) is 3.38. The van der Waals surface area contributed by atoms with Crippen LogP contribution >= 0.6 is 0 Å². The van der Waals surface area contributed by atoms with E-state index in [2.05, 4.69) is 25.9 Å². The molecule has 0 unspecified atom stereocenters. The lowest BCUT2D eigenvalue weighted by atomic mass is 10.1. The molecule has 0 saturated carbocycles. The number of carbonyl (C=O) groups excluding carboxylic acids is 1. The normalized spacial score (nSPS) is 10.3. The van der Waals surface area contributed by atoms with Crippen molar-refractivity contribution >= 4 is 11.7 Å². The molecule has 0 spiro atoms. The first-order valence-electron chi connectivity index (χ1n) is 6.38. The number of carbonyl (C=O) groups is 1. The van der Waals surface area contributed by atoms with Crippen LogP contribution in [0.5, 0.6) is 0 Å². The highest BCUT2D eigenvalue weighted by atomic mass is 16.1. The van der Waals surface area contributed by atoms with Crippen molar-refractivity contribution in [1.82, 2.24) is 20.5 Å². The molecule has 5 N–H and O–H groups in total. The predicted molar refractivity (Wildman–Crippen MR) is 75.9 cm³/mol. The van der Waals surface area contributed by atoms with Crippen LogP contribution in [0.25, 0.3) is 0 Å². The summed E-state index contributed by atoms with van der Waals surface area (Å²) in [5.41, 5.74) is 5.71. The molecule has 1 amide bonds. The smallest absolute Gasteiger partial charge is 0.251 e. The summed E-state index contributed by atoms with van der Waals surface area (Å²) in [5.74, 6) is 5.67. The van der Waals surface area contributed by atoms with E-state index in [0.717, 1.165) is 23.4 Å². The largest absolute Gasteiger partial charge is 0.348 e. The number of hydrogen-bond donors (Lipinski definition) is 4. The van der Waals surface area contributed by atoms with Crippen molar-refractivity contribution in [1.29, 1.82) is 0 Å². The summed E-state index contributed by atoms with van der Waals surface area (Å²) in [7, 11) is 0. The van der Waals surface area contributed by atoms with Gasteiger partial charge in [-0.2, -0.15) is 5.10 Å². The van der Waals surface area contributed by atoms with E-state index in [4.69, 9.17) is 5.84 Å². The maximum Gasteiger partial charge on any atom is 0.251 e. The van der Waals surface area contributed by atoms with Crippen LogP contribution in [0.4, 0.5) is 5.82 Å². The molecule has 0 fully saturated rings. The van der Waals surface area contributed by atoms with Crippen LogP contribution < -0.4 is 16.6 Å². The lowest BCUT2D eigenvalue weighted by Gasteiger charge is -2.08. The van der Waals surface area contributed by atoms with Crippen LogP contribution in [-0.4, -0.2) is 21.1 Å². The lowest BCUT2D eigenvalue weighted by Crippen LogP contribution is -2.23. The summed E-state index contributed by atoms with van der Waals surface area (Å²) in [6.07, 6.45) is 2.43. The predicted octanol–water partition coefficient (Wildman–Crippen LogP) is 0.891. The van der Waals surface area contributed by atoms with Gasteiger partial charge in [-0.25, -0.2) is 10.8 Å². The van der Waals surface area contributed by atoms with E-state index in [-0.39, 0.29) is 5.91 Å². The third-order valence-corrected chi connectivity index (χ3v) is 3.02. The van der Waals surface area contributed by atoms with E-state index >= 15 is 0 Å². The Kier molecular flexibility index (Phi) is 4.31. The van der Waals surface area contributed by atoms with Crippen molar-refractivity contribution in [3.8, 4) is 0 Å². The number of aromatic nitrogens is 3. The average Bonchev–Trinajstić information content (AvgIpc) is 2.89. The fourth-order valence-corrected chi connectivity index (χ4v) is 1.81. The molecule has 20 heavy (non-hydrogen) atoms. The second kappa shape index (κ2) is 6.16. The molecule has 0 atom stereocenters. The van der Waals surface area contributed by atoms with Gasteiger partial charge in [0, 0.05) is 29.1 Å². The van der Waals surface area contributed by atoms with E-state index in [1.54, 1.807) is 18.3 Å². The van der Waals surface area contributed by atoms with Crippen LogP contribution in [-0.2, 0) is 13.0 Å². The molecular weight excluding hydrogens is 256 g/mol. The first-order chi connectivity index (χ1) is 9.63. The molecule has 7 heteroatoms. The number of pyridine rings is 1. The number of aryl methyl sites for hydroxylation is 2. The number of nitrogen functional groups attached to an aromatic ring is 1. The van der Waals surface area contributed by atoms with Crippen molar-refractivity contribution in [2.24, 2.45) is 5.84 Å². The van der Waals surface area contributed by atoms with Crippen LogP contribution in [0.2, 0.25) is 0 Å². The topological polar surface area (TPSA) is 109 Å². The third kappa shape index (κ3) is 3.12. The van der Waals surface area contributed by atoms with E-state index in [0.29, 0.717) is 17.9 Å². The highest BCUT2D eigenvalue weighted by molar-refractivity contribution is 5.94. The van der Waals surface area contributed by atoms with Crippen LogP contribution in [0.1, 0.15) is 34.2 Å². The second-order valence-electron chi connectivity index (χ2n) is 4.43. The zero-order chi connectivity index (χ0) is 14.5. The molecule has 0 bridgehead atoms. The van der Waals surface area contributed by atoms with E-state index in [1.165, 1.54) is 0 Å². The minimum absolute atomic E-state index is 0.167. The van der Waals surface area contributed by atoms with E-state index < -0.39 is 0 Å². The summed E-state index contributed by atoms with van der Waals surface area (Å²) in [5, 5.41) is 9.59. The summed E-state index contributed by atoms with van der Waals surface area (Å²) in [4.78, 5) is 16.4. The Bertz CT molecular complexity index is 584. The molecule has 0 aliphatic carbocycles. The van der Waals surface area contributed by atoms with Gasteiger partial charge in [0.1, 0.15) is 5.82 Å². The molecule has 2 aromatic rings. The number of hydrazine groups is 1. The monoisotopic (exact) mass is 274 g/mol. The Labute approximate surface area is 117 Å². The molecule has 0 aliphatic heterocycles. The van der Waals surface area contributed by atoms with E-state index in [9.17, 15) is 4.79 Å². The third-order valence-electron chi connectivity index (χ3n) is 3.02. The van der Waals surface area contributed by atoms with Crippen molar-refractivity contribution < 1.29 is 4.79 Å². The maximum absolute atomic E-state index is 12.1. The minimum Gasteiger partial charge on any atom is -0.348 e. The zero-order valence-electron chi connectivity index (χ0n) is 11.5. The van der Waals surface area contributed by atoms with Crippen LogP contribution in [0.15, 0.2) is 18.3 Å². The number of amides is 1. The van der Waals surface area contributed by atoms with Gasteiger partial charge in [0.05, 0.1) is 6.20 Å². The molecule has 106 valence electrons. The van der Waals surface area contributed by atoms with Gasteiger partial charge < -0.3 is 10.7 Å². The van der Waals surface area contributed by atoms with Gasteiger partial charge in [0.25, 0.3) is 5.91 Å². The van der Waals surface area contributed by atoms with Gasteiger partial charge >= 0.3 is 0 Å². The molecule has 2 rings (SSSR count). The van der Waals surface area contributed by atoms with Gasteiger partial charge in [-0.05, 0) is 25.5 Å². The number of nitrogens with one attached hydrogen (secondary N) is 3. The summed E-state index contributed by atoms with van der Waals surface area (Å²) < 4.78 is 0. The Balaban J connectivity index is 2.10. The fraction of sp³-hybridized carbons (Fsp3) is 0.308. The first kappa shape index (κ1) is 14.0. The summed E-state index contributed by atoms with van der Waals surface area (Å²) in [6.45, 7) is 4.31. The van der Waals surface area contributed by atoms with Crippen LogP contribution in [0, 0.1) is 6.92 Å². The quantitative estimate of drug-likeness (QED) is 0.478. The van der Waals surface area contributed by atoms with Crippen LogP contribution in [0.3, 0.4) is 0 Å². The van der Waals surface area contributed by atoms with Gasteiger partial charge in [-0.3, -0.25) is 9.89 Å². The van der Waals surface area contributed by atoms with Gasteiger partial charge in [0.2, 0.25) is 0 Å². The van der Waals surface area contributed by atoms with Crippen molar-refractivity contribution in [3.63, 3.8) is 0 Å². The van der Waals surface area contributed by atoms with Crippen molar-refractivity contribution in [2.75, 3.05) is 5.43 Å². The van der Waals surface area contributed by atoms with Gasteiger partial charge in [0.15, 0.2) is 0 Å². The van der Waals surface area contributed by atoms with Crippen molar-refractivity contribution in [3.05, 3.63) is 40.8 Å². The average molecular weight is 274 g/mol. The molecule has 2 aromatic heterocycles. The molecule has 2 heterocycles. The number of nitrogens with zero attached hydrogens (tertiary/aromatic N) is 2. The molecule has 0 aliphatic rings. The van der Waals surface area contributed by atoms with Gasteiger partial charge in [-0.1, -0.05) is 6.92 Å². The zero-order valence-corrected chi connectivity index (χ0v) is 11.5. The highest BCUT2D eigenvalue weighted by Crippen LogP contribution is 2.11. The highest BCUT2D eigenvalue weighted by Gasteiger charge is 2.10. The molecule has 0 saturated heterocycles. The number of anilines is 1. The number of hydrogen-bond acceptors (Lipinski definition) is 5. The Morgan fingerprint density at radius 2 is 2.25 bits per heavy atom. The number of H-pyrrole nitrogens is 1. The Hall–Kier alpha value is -2.41. The second-order valence-corrected chi connectivity index (χ2v) is 4.43. The minimum atomic E-state index is -0.167. The lowest BCUT2D eigenvalue weighted by molar-refractivity contribution is 0.0950. The molecule has 0 radical (unpaired) electrons. The van der Waals surface area contributed by atoms with Crippen molar-refractivity contribution in [2.45, 2.75) is 26.8 Å². The van der Waals surface area contributed by atoms with Gasteiger partial charge in [-0.15, -0.1) is 0 Å². The number of nitrogens with two attached hydrogens (primary N) is 1.